The fourth-order valence-electron chi connectivity index (χ4n) is 2.08. The molecule has 0 aliphatic carbocycles. The molecule has 0 radical (unpaired) electrons. The number of nitrogens with zero attached hydrogens (tertiary/aromatic N) is 1. The second kappa shape index (κ2) is 8.16. The molecule has 2 aromatic rings. The minimum atomic E-state index is -0.530. The van der Waals surface area contributed by atoms with Gasteiger partial charge in [0.2, 0.25) is 0 Å². The molecule has 2 aromatic carbocycles. The van der Waals surface area contributed by atoms with E-state index in [4.69, 9.17) is 16.3 Å². The maximum atomic E-state index is 11.9. The Morgan fingerprint density at radius 2 is 2.08 bits per heavy atom. The number of nitrogens with one attached hydrogen (secondary N) is 2. The molecule has 0 saturated carbocycles. The first-order valence-corrected chi connectivity index (χ1v) is 7.49. The van der Waals surface area contributed by atoms with Crippen molar-refractivity contribution in [1.29, 1.82) is 0 Å². The Bertz CT molecular complexity index is 752. The van der Waals surface area contributed by atoms with E-state index in [1.54, 1.807) is 6.07 Å². The Morgan fingerprint density at radius 1 is 1.29 bits per heavy atom. The second-order valence-corrected chi connectivity index (χ2v) is 5.34. The van der Waals surface area contributed by atoms with Gasteiger partial charge in [-0.1, -0.05) is 23.7 Å². The van der Waals surface area contributed by atoms with Gasteiger partial charge in [0.25, 0.3) is 5.69 Å². The number of non-ortho nitro benzene ring substituents is 1. The van der Waals surface area contributed by atoms with Crippen LogP contribution in [-0.2, 0) is 6.42 Å². The van der Waals surface area contributed by atoms with Crippen molar-refractivity contribution >= 4 is 29.0 Å². The number of methoxy groups -OCH3 is 1. The van der Waals surface area contributed by atoms with E-state index < -0.39 is 11.0 Å². The summed E-state index contributed by atoms with van der Waals surface area (Å²) in [5.41, 5.74) is 1.25. The number of ether oxygens (including phenoxy) is 1. The Morgan fingerprint density at radius 3 is 2.75 bits per heavy atom. The van der Waals surface area contributed by atoms with Gasteiger partial charge >= 0.3 is 6.03 Å². The average Bonchev–Trinajstić information content (AvgIpc) is 2.55. The van der Waals surface area contributed by atoms with Gasteiger partial charge in [-0.3, -0.25) is 10.1 Å². The first-order chi connectivity index (χ1) is 11.5. The fraction of sp³-hybridized carbons (Fsp3) is 0.188. The van der Waals surface area contributed by atoms with Gasteiger partial charge in [0.05, 0.1) is 23.8 Å². The molecule has 0 bridgehead atoms. The molecule has 0 aromatic heterocycles. The van der Waals surface area contributed by atoms with Crippen molar-refractivity contribution in [1.82, 2.24) is 5.32 Å². The molecule has 0 saturated heterocycles. The second-order valence-electron chi connectivity index (χ2n) is 4.90. The lowest BCUT2D eigenvalue weighted by molar-refractivity contribution is -0.384. The molecule has 0 unspecified atom stereocenters. The predicted molar refractivity (Wildman–Crippen MR) is 91.8 cm³/mol. The van der Waals surface area contributed by atoms with Crippen LogP contribution in [0.2, 0.25) is 5.02 Å². The maximum absolute atomic E-state index is 11.9. The van der Waals surface area contributed by atoms with Crippen molar-refractivity contribution in [2.75, 3.05) is 19.0 Å². The van der Waals surface area contributed by atoms with Gasteiger partial charge in [-0.2, -0.15) is 0 Å². The summed E-state index contributed by atoms with van der Waals surface area (Å²) < 4.78 is 5.06. The lowest BCUT2D eigenvalue weighted by Crippen LogP contribution is -2.30. The monoisotopic (exact) mass is 349 g/mol. The molecule has 2 N–H and O–H groups in total. The smallest absolute Gasteiger partial charge is 0.319 e. The van der Waals surface area contributed by atoms with Crippen LogP contribution in [0.3, 0.4) is 0 Å². The molecule has 24 heavy (non-hydrogen) atoms. The number of anilines is 1. The lowest BCUT2D eigenvalue weighted by atomic mass is 10.1. The first kappa shape index (κ1) is 17.6. The number of hydrogen-bond donors (Lipinski definition) is 2. The zero-order chi connectivity index (χ0) is 17.5. The highest BCUT2D eigenvalue weighted by Crippen LogP contribution is 2.28. The van der Waals surface area contributed by atoms with Crippen LogP contribution in [-0.4, -0.2) is 24.6 Å². The van der Waals surface area contributed by atoms with Crippen LogP contribution >= 0.6 is 11.6 Å². The number of benzene rings is 2. The highest BCUT2D eigenvalue weighted by molar-refractivity contribution is 6.30. The molecule has 0 atom stereocenters. The molecular weight excluding hydrogens is 334 g/mol. The predicted octanol–water partition coefficient (Wildman–Crippen LogP) is 3.62. The van der Waals surface area contributed by atoms with Gasteiger partial charge in [-0.15, -0.1) is 0 Å². The first-order valence-electron chi connectivity index (χ1n) is 7.11. The summed E-state index contributed by atoms with van der Waals surface area (Å²) in [7, 11) is 1.38. The fourth-order valence-corrected chi connectivity index (χ4v) is 2.29. The summed E-state index contributed by atoms with van der Waals surface area (Å²) in [6, 6.07) is 10.9. The average molecular weight is 350 g/mol. The molecule has 0 aliphatic rings. The summed E-state index contributed by atoms with van der Waals surface area (Å²) >= 11 is 5.90. The van der Waals surface area contributed by atoms with E-state index in [-0.39, 0.29) is 11.4 Å². The molecule has 7 nitrogen and oxygen atoms in total. The van der Waals surface area contributed by atoms with E-state index in [1.165, 1.54) is 25.3 Å². The van der Waals surface area contributed by atoms with Crippen molar-refractivity contribution in [3.8, 4) is 5.75 Å². The SMILES string of the molecule is COc1cc([N+](=O)[O-])ccc1NC(=O)NCCc1cccc(Cl)c1. The Balaban J connectivity index is 1.91. The summed E-state index contributed by atoms with van der Waals surface area (Å²) in [6.07, 6.45) is 0.630. The number of hydrogen-bond acceptors (Lipinski definition) is 4. The van der Waals surface area contributed by atoms with Crippen molar-refractivity contribution in [3.05, 3.63) is 63.2 Å². The van der Waals surface area contributed by atoms with Crippen LogP contribution in [0.4, 0.5) is 16.2 Å². The number of amides is 2. The number of carbonyl (C=O) groups excluding carboxylic acids is 1. The van der Waals surface area contributed by atoms with Crippen LogP contribution in [0, 0.1) is 10.1 Å². The van der Waals surface area contributed by atoms with Crippen molar-refractivity contribution in [2.24, 2.45) is 0 Å². The van der Waals surface area contributed by atoms with E-state index in [1.807, 2.05) is 18.2 Å². The highest BCUT2D eigenvalue weighted by atomic mass is 35.5. The number of nitro groups is 1. The largest absolute Gasteiger partial charge is 0.494 e. The van der Waals surface area contributed by atoms with Crippen LogP contribution in [0.25, 0.3) is 0 Å². The number of urea groups is 1. The van der Waals surface area contributed by atoms with Gasteiger partial charge in [0.15, 0.2) is 0 Å². The Labute approximate surface area is 143 Å². The maximum Gasteiger partial charge on any atom is 0.319 e. The van der Waals surface area contributed by atoms with Gasteiger partial charge in [0, 0.05) is 17.6 Å². The summed E-state index contributed by atoms with van der Waals surface area (Å²) in [4.78, 5) is 22.1. The third-order valence-electron chi connectivity index (χ3n) is 3.23. The highest BCUT2D eigenvalue weighted by Gasteiger charge is 2.13. The third-order valence-corrected chi connectivity index (χ3v) is 3.47. The van der Waals surface area contributed by atoms with Gasteiger partial charge in [-0.05, 0) is 30.2 Å². The third kappa shape index (κ3) is 4.85. The van der Waals surface area contributed by atoms with Crippen LogP contribution in [0.5, 0.6) is 5.75 Å². The van der Waals surface area contributed by atoms with Gasteiger partial charge < -0.3 is 15.4 Å². The minimum absolute atomic E-state index is 0.112. The molecule has 8 heteroatoms. The van der Waals surface area contributed by atoms with E-state index >= 15 is 0 Å². The molecular formula is C16H16ClN3O4. The summed E-state index contributed by atoms with van der Waals surface area (Å²) in [6.45, 7) is 0.418. The number of carbonyl (C=O) groups is 1. The van der Waals surface area contributed by atoms with Crippen LogP contribution in [0.15, 0.2) is 42.5 Å². The van der Waals surface area contributed by atoms with Crippen molar-refractivity contribution < 1.29 is 14.5 Å². The molecule has 2 amide bonds. The molecule has 0 aliphatic heterocycles. The lowest BCUT2D eigenvalue weighted by Gasteiger charge is -2.11. The van der Waals surface area contributed by atoms with Gasteiger partial charge in [-0.25, -0.2) is 4.79 Å². The standard InChI is InChI=1S/C16H16ClN3O4/c1-24-15-10-13(20(22)23)5-6-14(15)19-16(21)18-8-7-11-3-2-4-12(17)9-11/h2-6,9-10H,7-8H2,1H3,(H2,18,19,21). The number of halogens is 1. The van der Waals surface area contributed by atoms with E-state index in [0.717, 1.165) is 5.56 Å². The van der Waals surface area contributed by atoms with Crippen molar-refractivity contribution in [2.45, 2.75) is 6.42 Å². The zero-order valence-corrected chi connectivity index (χ0v) is 13.7. The normalized spacial score (nSPS) is 10.1. The minimum Gasteiger partial charge on any atom is -0.494 e. The molecule has 2 rings (SSSR count). The number of rotatable bonds is 6. The molecule has 0 spiro atoms. The van der Waals surface area contributed by atoms with E-state index in [0.29, 0.717) is 23.7 Å². The van der Waals surface area contributed by atoms with Gasteiger partial charge in [0.1, 0.15) is 5.75 Å². The van der Waals surface area contributed by atoms with Crippen LogP contribution < -0.4 is 15.4 Å². The Hall–Kier alpha value is -2.80. The molecule has 0 fully saturated rings. The van der Waals surface area contributed by atoms with E-state index in [2.05, 4.69) is 10.6 Å². The molecule has 126 valence electrons. The Kier molecular flexibility index (Phi) is 5.97. The summed E-state index contributed by atoms with van der Waals surface area (Å²) in [5.74, 6) is 0.217. The summed E-state index contributed by atoms with van der Waals surface area (Å²) in [5, 5.41) is 16.7. The van der Waals surface area contributed by atoms with Crippen molar-refractivity contribution in [3.63, 3.8) is 0 Å². The zero-order valence-electron chi connectivity index (χ0n) is 12.9. The molecule has 0 heterocycles. The van der Waals surface area contributed by atoms with Crippen LogP contribution in [0.1, 0.15) is 5.56 Å². The van der Waals surface area contributed by atoms with E-state index in [9.17, 15) is 14.9 Å². The topological polar surface area (TPSA) is 93.5 Å². The number of nitro benzene ring substituents is 1. The quantitative estimate of drug-likeness (QED) is 0.615.